The van der Waals surface area contributed by atoms with Crippen LogP contribution in [0.1, 0.15) is 0 Å². The molecule has 0 N–H and O–H groups in total. The van der Waals surface area contributed by atoms with E-state index >= 15 is 0 Å². The summed E-state index contributed by atoms with van der Waals surface area (Å²) in [7, 11) is -0.896. The van der Waals surface area contributed by atoms with E-state index in [-0.39, 0.29) is 52.8 Å². The summed E-state index contributed by atoms with van der Waals surface area (Å²) >= 11 is 0. The van der Waals surface area contributed by atoms with Crippen LogP contribution >= 0.6 is 35.2 Å². The molecule has 0 aromatic heterocycles. The van der Waals surface area contributed by atoms with Crippen LogP contribution in [0.4, 0.5) is 0 Å². The zero-order valence-electron chi connectivity index (χ0n) is 17.2. The first-order valence-electron chi connectivity index (χ1n) is 7.15. The van der Waals surface area contributed by atoms with Gasteiger partial charge in [0.05, 0.1) is 0 Å². The summed E-state index contributed by atoms with van der Waals surface area (Å²) in [6.07, 6.45) is 0. The summed E-state index contributed by atoms with van der Waals surface area (Å²) in [5.41, 5.74) is 0. The molecule has 0 nitrogen and oxygen atoms in total. The van der Waals surface area contributed by atoms with Crippen LogP contribution in [0, 0.1) is 0 Å². The minimum absolute atomic E-state index is 0. The molecule has 22 heavy (non-hydrogen) atoms. The van der Waals surface area contributed by atoms with Gasteiger partial charge in [0, 0.05) is 33.0 Å². The summed E-state index contributed by atoms with van der Waals surface area (Å²) in [6, 6.07) is 0. The average molecular weight is 544 g/mol. The summed E-state index contributed by atoms with van der Waals surface area (Å²) in [6.45, 7) is 30.0. The molecule has 0 saturated heterocycles. The second-order valence-electron chi connectivity index (χ2n) is 9.75. The molecule has 0 radical (unpaired) electrons. The predicted octanol–water partition coefficient (Wildman–Crippen LogP) is 6.25. The molecule has 0 rings (SSSR count). The van der Waals surface area contributed by atoms with Gasteiger partial charge < -0.3 is 0 Å². The fourth-order valence-corrected chi connectivity index (χ4v) is 70.1. The van der Waals surface area contributed by atoms with Crippen molar-refractivity contribution in [3.05, 3.63) is 0 Å². The van der Waals surface area contributed by atoms with Crippen molar-refractivity contribution in [3.8, 4) is 0 Å². The summed E-state index contributed by atoms with van der Waals surface area (Å²) < 4.78 is 0. The molecule has 148 valence electrons. The van der Waals surface area contributed by atoms with E-state index in [1.165, 1.54) is 0 Å². The van der Waals surface area contributed by atoms with Crippen molar-refractivity contribution in [3.63, 3.8) is 0 Å². The van der Waals surface area contributed by atoms with E-state index in [0.29, 0.717) is 0 Å². The molecule has 0 aliphatic carbocycles. The first kappa shape index (κ1) is 40.3. The van der Waals surface area contributed by atoms with E-state index in [2.05, 4.69) is 78.6 Å². The standard InChI is InChI=1S/2C6H20PSi2.2Ni.2H3P/c2*1-8(2,3)7-9(4,5)6;;;;/h2*7H2,1-6H3;;;2*1H3/q2*+1;;;;. The van der Waals surface area contributed by atoms with E-state index in [0.717, 1.165) is 15.4 Å². The fraction of sp³-hybridized carbons (Fsp3) is 1.00. The van der Waals surface area contributed by atoms with Crippen LogP contribution in [0.3, 0.4) is 0 Å². The predicted molar refractivity (Wildman–Crippen MR) is 135 cm³/mol. The van der Waals surface area contributed by atoms with E-state index in [1.807, 2.05) is 0 Å². The molecule has 0 amide bonds. The number of hydrogen-bond acceptors (Lipinski definition) is 0. The Labute approximate surface area is 176 Å². The Hall–Kier alpha value is 3.57. The van der Waals surface area contributed by atoms with Gasteiger partial charge in [-0.15, -0.1) is 0 Å². The maximum Gasteiger partial charge on any atom is 0.203 e. The van der Waals surface area contributed by atoms with Crippen molar-refractivity contribution >= 4 is 66.1 Å². The summed E-state index contributed by atoms with van der Waals surface area (Å²) in [4.78, 5) is 0. The van der Waals surface area contributed by atoms with E-state index in [1.54, 1.807) is 0 Å². The van der Waals surface area contributed by atoms with Crippen LogP contribution in [0.15, 0.2) is 0 Å². The van der Waals surface area contributed by atoms with Gasteiger partial charge in [0.25, 0.3) is 0 Å². The Morgan fingerprint density at radius 3 is 0.455 bits per heavy atom. The average Bonchev–Trinajstić information content (AvgIpc) is 1.64. The molecule has 0 aromatic carbocycles. The normalized spacial score (nSPS) is 11.5. The van der Waals surface area contributed by atoms with Crippen molar-refractivity contribution in [1.82, 2.24) is 0 Å². The van der Waals surface area contributed by atoms with E-state index in [4.69, 9.17) is 0 Å². The third kappa shape index (κ3) is 49.5. The largest absolute Gasteiger partial charge is 0.203 e. The van der Waals surface area contributed by atoms with Crippen LogP contribution in [0.25, 0.3) is 0 Å². The second-order valence-corrected chi connectivity index (χ2v) is 57.0. The SMILES string of the molecule is C[Si](C)(C)[PH2+][Si](C)(C)C.C[Si](C)(C)[PH2+][Si](C)(C)C.P.P.[Ni].[Ni]. The summed E-state index contributed by atoms with van der Waals surface area (Å²) in [5, 5.41) is 0. The van der Waals surface area contributed by atoms with E-state index < -0.39 is 31.0 Å². The van der Waals surface area contributed by atoms with Gasteiger partial charge >= 0.3 is 0 Å². The van der Waals surface area contributed by atoms with Crippen LogP contribution < -0.4 is 0 Å². The van der Waals surface area contributed by atoms with Gasteiger partial charge in [-0.25, -0.2) is 0 Å². The van der Waals surface area contributed by atoms with Gasteiger partial charge in [0.1, 0.15) is 0 Å². The fourth-order valence-electron chi connectivity index (χ4n) is 2.60. The molecule has 2 atom stereocenters. The molecule has 0 saturated carbocycles. The molecule has 2 unspecified atom stereocenters. The Kier molecular flexibility index (Phi) is 28.6. The molecular formula is C12H46Ni2P4Si4+2. The van der Waals surface area contributed by atoms with E-state index in [9.17, 15) is 0 Å². The maximum absolute atomic E-state index is 2.50. The monoisotopic (exact) mass is 542 g/mol. The van der Waals surface area contributed by atoms with Gasteiger partial charge in [0.2, 0.25) is 31.0 Å². The van der Waals surface area contributed by atoms with Gasteiger partial charge in [-0.1, -0.05) is 15.4 Å². The van der Waals surface area contributed by atoms with Crippen molar-refractivity contribution in [2.45, 2.75) is 78.6 Å². The van der Waals surface area contributed by atoms with Crippen LogP contribution in [-0.2, 0) is 33.0 Å². The minimum Gasteiger partial charge on any atom is -0.153 e. The van der Waals surface area contributed by atoms with Gasteiger partial charge in [-0.2, -0.15) is 19.8 Å². The smallest absolute Gasteiger partial charge is 0.153 e. The second kappa shape index (κ2) is 15.6. The molecule has 0 aromatic rings. The molecular weight excluding hydrogens is 498 g/mol. The Morgan fingerprint density at radius 2 is 0.455 bits per heavy atom. The first-order valence-corrected chi connectivity index (χ1v) is 28.4. The zero-order valence-corrected chi connectivity index (χ0v) is 28.3. The molecule has 0 bridgehead atoms. The van der Waals surface area contributed by atoms with Crippen LogP contribution in [-0.4, -0.2) is 31.0 Å². The van der Waals surface area contributed by atoms with Gasteiger partial charge in [-0.05, 0) is 78.6 Å². The van der Waals surface area contributed by atoms with Crippen molar-refractivity contribution < 1.29 is 33.0 Å². The first-order chi connectivity index (χ1) is 7.41. The van der Waals surface area contributed by atoms with Crippen molar-refractivity contribution in [2.24, 2.45) is 0 Å². The Balaban J connectivity index is -0.0000000492. The third-order valence-corrected chi connectivity index (χ3v) is 46.8. The minimum atomic E-state index is -0.648. The molecule has 0 heterocycles. The molecule has 0 aliphatic rings. The Bertz CT molecular complexity index is 193. The third-order valence-electron chi connectivity index (χ3n) is 1.73. The van der Waals surface area contributed by atoms with Gasteiger partial charge in [-0.3, -0.25) is 0 Å². The van der Waals surface area contributed by atoms with Crippen molar-refractivity contribution in [1.29, 1.82) is 0 Å². The molecule has 0 fully saturated rings. The van der Waals surface area contributed by atoms with Crippen LogP contribution in [0.5, 0.6) is 0 Å². The molecule has 10 heteroatoms. The quantitative estimate of drug-likeness (QED) is 0.291. The van der Waals surface area contributed by atoms with Crippen molar-refractivity contribution in [2.75, 3.05) is 0 Å². The summed E-state index contributed by atoms with van der Waals surface area (Å²) in [5.74, 6) is 0. The van der Waals surface area contributed by atoms with Crippen LogP contribution in [0.2, 0.25) is 78.6 Å². The topological polar surface area (TPSA) is 0 Å². The molecule has 0 aliphatic heterocycles. The molecule has 0 spiro atoms. The van der Waals surface area contributed by atoms with Gasteiger partial charge in [0.15, 0.2) is 0 Å². The maximum atomic E-state index is 2.50. The zero-order chi connectivity index (χ0) is 15.4. The number of rotatable bonds is 4. The number of hydrogen-bond donors (Lipinski definition) is 0. The Morgan fingerprint density at radius 1 is 0.364 bits per heavy atom.